The van der Waals surface area contributed by atoms with Crippen molar-refractivity contribution in [2.75, 3.05) is 34.4 Å². The number of methoxy groups -OCH3 is 2. The van der Waals surface area contributed by atoms with Crippen LogP contribution in [-0.4, -0.2) is 122 Å². The zero-order chi connectivity index (χ0) is 40.8. The highest BCUT2D eigenvalue weighted by atomic mass is 16.6. The summed E-state index contributed by atoms with van der Waals surface area (Å²) in [7, 11) is 4.19. The van der Waals surface area contributed by atoms with E-state index in [1.807, 2.05) is 36.4 Å². The molecule has 0 bridgehead atoms. The van der Waals surface area contributed by atoms with Gasteiger partial charge in [-0.25, -0.2) is 19.6 Å². The van der Waals surface area contributed by atoms with Crippen molar-refractivity contribution < 1.29 is 33.4 Å². The average Bonchev–Trinajstić information content (AvgIpc) is 4.11. The number of alkyl carbamates (subject to hydrolysis) is 2. The molecule has 18 nitrogen and oxygen atoms in total. The minimum atomic E-state index is -1.07. The molecule has 3 aromatic heterocycles. The Morgan fingerprint density at radius 2 is 1.31 bits per heavy atom. The maximum Gasteiger partial charge on any atom is 0.407 e. The summed E-state index contributed by atoms with van der Waals surface area (Å²) in [6.07, 6.45) is 5.14. The highest BCUT2D eigenvalue weighted by Crippen LogP contribution is 2.35. The number of rotatable bonds is 13. The number of nitrogens with one attached hydrogen (secondary N) is 5. The number of aromatic amines is 3. The smallest absolute Gasteiger partial charge is 0.407 e. The molecule has 5 aromatic rings. The molecule has 7 rings (SSSR count). The highest BCUT2D eigenvalue weighted by molar-refractivity contribution is 5.87. The Hall–Kier alpha value is -6.56. The molecule has 58 heavy (non-hydrogen) atoms. The molecule has 304 valence electrons. The highest BCUT2D eigenvalue weighted by Gasteiger charge is 2.39. The number of amides is 4. The van der Waals surface area contributed by atoms with Crippen molar-refractivity contribution in [3.63, 3.8) is 0 Å². The van der Waals surface area contributed by atoms with Gasteiger partial charge in [0.1, 0.15) is 17.7 Å². The Labute approximate surface area is 334 Å². The van der Waals surface area contributed by atoms with Crippen molar-refractivity contribution in [3.8, 4) is 33.6 Å². The van der Waals surface area contributed by atoms with Crippen LogP contribution in [0.1, 0.15) is 62.0 Å². The molecule has 5 heterocycles. The molecule has 0 spiro atoms. The molecule has 18 heteroatoms. The van der Waals surface area contributed by atoms with Crippen molar-refractivity contribution in [2.45, 2.75) is 69.4 Å². The predicted octanol–water partition coefficient (Wildman–Crippen LogP) is 4.31. The number of H-pyrrole nitrogens is 3. The van der Waals surface area contributed by atoms with Gasteiger partial charge in [-0.05, 0) is 54.9 Å². The number of carbonyl (C=O) groups is 4. The van der Waals surface area contributed by atoms with Crippen molar-refractivity contribution in [1.29, 1.82) is 0 Å². The van der Waals surface area contributed by atoms with Gasteiger partial charge in [0.2, 0.25) is 5.91 Å². The number of imidazole rings is 2. The van der Waals surface area contributed by atoms with Crippen LogP contribution in [0.3, 0.4) is 0 Å². The third-order valence-corrected chi connectivity index (χ3v) is 10.8. The van der Waals surface area contributed by atoms with E-state index in [0.717, 1.165) is 52.9 Å². The molecule has 4 amide bonds. The van der Waals surface area contributed by atoms with Gasteiger partial charge in [0.05, 0.1) is 61.0 Å². The minimum Gasteiger partial charge on any atom is -0.453 e. The average molecular weight is 794 g/mol. The standard InChI is InChI=1S/C40H47N11O7/c1-23(56-3)34(47-40(55)57-4)38(53)51-18-6-8-32(51)36-43-22-30(46-36)27-15-11-25(12-16-27)24-9-13-26(14-10-24)29-21-42-35(45-29)31-7-5-17-50(31)37(52)33(58-39(54)41-2)19-28-20-44-49-48-28/h9-16,20-23,31-34H,5-8,17-19H2,1-4H3,(H,41,54)(H,42,45)(H,43,46)(H,47,55)(H,44,48,49)/t23-,31+,32+,33+,34+/m1/s1. The molecule has 0 aliphatic carbocycles. The molecule has 5 N–H and O–H groups in total. The zero-order valence-electron chi connectivity index (χ0n) is 32.7. The summed E-state index contributed by atoms with van der Waals surface area (Å²) in [5.74, 6) is 0.769. The monoisotopic (exact) mass is 793 g/mol. The second-order valence-electron chi connectivity index (χ2n) is 14.3. The summed E-state index contributed by atoms with van der Waals surface area (Å²) in [6.45, 7) is 2.77. The number of ether oxygens (including phenoxy) is 3. The molecule has 5 atom stereocenters. The van der Waals surface area contributed by atoms with E-state index in [1.54, 1.807) is 29.1 Å². The minimum absolute atomic E-state index is 0.0902. The summed E-state index contributed by atoms with van der Waals surface area (Å²) < 4.78 is 15.6. The first-order valence-corrected chi connectivity index (χ1v) is 19.2. The molecular formula is C40H47N11O7. The van der Waals surface area contributed by atoms with E-state index in [9.17, 15) is 19.2 Å². The van der Waals surface area contributed by atoms with Gasteiger partial charge in [-0.1, -0.05) is 48.5 Å². The van der Waals surface area contributed by atoms with Gasteiger partial charge in [-0.2, -0.15) is 15.4 Å². The van der Waals surface area contributed by atoms with Crippen LogP contribution in [0.25, 0.3) is 33.6 Å². The van der Waals surface area contributed by atoms with Crippen LogP contribution in [0.15, 0.2) is 67.1 Å². The number of nitrogens with zero attached hydrogens (tertiary/aromatic N) is 6. The lowest BCUT2D eigenvalue weighted by molar-refractivity contribution is -0.141. The van der Waals surface area contributed by atoms with Gasteiger partial charge in [-0.3, -0.25) is 9.59 Å². The van der Waals surface area contributed by atoms with Crippen LogP contribution in [0.4, 0.5) is 9.59 Å². The molecular weight excluding hydrogens is 747 g/mol. The third kappa shape index (κ3) is 8.56. The number of hydrogen-bond acceptors (Lipinski definition) is 11. The number of hydrogen-bond donors (Lipinski definition) is 5. The summed E-state index contributed by atoms with van der Waals surface area (Å²) in [5.41, 5.74) is 6.10. The Balaban J connectivity index is 0.999. The number of carbonyl (C=O) groups excluding carboxylic acids is 4. The molecule has 2 saturated heterocycles. The number of likely N-dealkylation sites (tertiary alicyclic amines) is 2. The van der Waals surface area contributed by atoms with E-state index in [0.29, 0.717) is 36.9 Å². The van der Waals surface area contributed by atoms with E-state index in [1.165, 1.54) is 27.5 Å². The fraction of sp³-hybridized carbons (Fsp3) is 0.400. The Kier molecular flexibility index (Phi) is 12.1. The van der Waals surface area contributed by atoms with E-state index in [2.05, 4.69) is 58.1 Å². The van der Waals surface area contributed by atoms with Gasteiger partial charge in [-0.15, -0.1) is 0 Å². The third-order valence-electron chi connectivity index (χ3n) is 10.8. The lowest BCUT2D eigenvalue weighted by atomic mass is 10.0. The first kappa shape index (κ1) is 39.7. The van der Waals surface area contributed by atoms with Gasteiger partial charge in [0.15, 0.2) is 6.10 Å². The fourth-order valence-corrected chi connectivity index (χ4v) is 7.57. The second kappa shape index (κ2) is 17.7. The van der Waals surface area contributed by atoms with Crippen molar-refractivity contribution in [3.05, 3.63) is 84.5 Å². The van der Waals surface area contributed by atoms with Gasteiger partial charge in [0.25, 0.3) is 5.91 Å². The first-order chi connectivity index (χ1) is 28.2. The van der Waals surface area contributed by atoms with Crippen molar-refractivity contribution in [2.24, 2.45) is 0 Å². The summed E-state index contributed by atoms with van der Waals surface area (Å²) in [5, 5.41) is 15.4. The lowest BCUT2D eigenvalue weighted by Gasteiger charge is -2.30. The maximum absolute atomic E-state index is 13.7. The van der Waals surface area contributed by atoms with Crippen molar-refractivity contribution >= 4 is 24.0 Å². The lowest BCUT2D eigenvalue weighted by Crippen LogP contribution is -2.54. The predicted molar refractivity (Wildman–Crippen MR) is 210 cm³/mol. The normalized spacial score (nSPS) is 18.1. The zero-order valence-corrected chi connectivity index (χ0v) is 32.7. The van der Waals surface area contributed by atoms with Crippen LogP contribution in [0, 0.1) is 0 Å². The summed E-state index contributed by atoms with van der Waals surface area (Å²) >= 11 is 0. The first-order valence-electron chi connectivity index (χ1n) is 19.2. The molecule has 0 unspecified atom stereocenters. The fourth-order valence-electron chi connectivity index (χ4n) is 7.57. The van der Waals surface area contributed by atoms with Crippen LogP contribution >= 0.6 is 0 Å². The topological polar surface area (TPSA) is 225 Å². The van der Waals surface area contributed by atoms with Crippen LogP contribution in [0.2, 0.25) is 0 Å². The molecule has 2 aliphatic heterocycles. The van der Waals surface area contributed by atoms with E-state index >= 15 is 0 Å². The van der Waals surface area contributed by atoms with E-state index in [-0.39, 0.29) is 30.3 Å². The summed E-state index contributed by atoms with van der Waals surface area (Å²) in [4.78, 5) is 71.1. The Morgan fingerprint density at radius 3 is 1.79 bits per heavy atom. The molecule has 0 saturated carbocycles. The quantitative estimate of drug-likeness (QED) is 0.113. The van der Waals surface area contributed by atoms with E-state index < -0.39 is 30.4 Å². The molecule has 0 radical (unpaired) electrons. The second-order valence-corrected chi connectivity index (χ2v) is 14.3. The van der Waals surface area contributed by atoms with E-state index in [4.69, 9.17) is 14.2 Å². The van der Waals surface area contributed by atoms with Gasteiger partial charge < -0.3 is 44.6 Å². The Bertz CT molecular complexity index is 2190. The number of aromatic nitrogens is 7. The molecule has 2 aromatic carbocycles. The van der Waals surface area contributed by atoms with Crippen LogP contribution in [0.5, 0.6) is 0 Å². The van der Waals surface area contributed by atoms with Gasteiger partial charge in [0, 0.05) is 33.7 Å². The summed E-state index contributed by atoms with van der Waals surface area (Å²) in [6, 6.07) is 14.8. The maximum atomic E-state index is 13.7. The van der Waals surface area contributed by atoms with Crippen molar-refractivity contribution in [1.82, 2.24) is 55.8 Å². The van der Waals surface area contributed by atoms with Gasteiger partial charge >= 0.3 is 12.2 Å². The SMILES string of the molecule is CNC(=O)O[C@@H](Cc1cn[nH]n1)C(=O)N1CCC[C@H]1c1ncc(-c2ccc(-c3ccc(-c4cnc([C@@H]5CCCN5C(=O)[C@@H](NC(=O)OC)[C@@H](C)OC)[nH]4)cc3)cc2)[nH]1. The molecule has 2 aliphatic rings. The van der Waals surface area contributed by atoms with Crippen LogP contribution < -0.4 is 10.6 Å². The number of benzene rings is 2. The Morgan fingerprint density at radius 1 is 0.776 bits per heavy atom. The molecule has 2 fully saturated rings. The largest absolute Gasteiger partial charge is 0.453 e. The van der Waals surface area contributed by atoms with Crippen LogP contribution in [-0.2, 0) is 30.2 Å².